The maximum atomic E-state index is 12.9. The van der Waals surface area contributed by atoms with Crippen molar-refractivity contribution >= 4 is 17.9 Å². The SMILES string of the molecule is CCCCCCCCCC/C=C\CCCCCCCCCCCC(=O)OCC(COC(=O)CCCCCCCCCCCCCCCC)OC(=O)CCCCCCCCCCCCCCCCCCCCCC. The molecule has 0 amide bonds. The minimum Gasteiger partial charge on any atom is -0.462 e. The summed E-state index contributed by atoms with van der Waals surface area (Å²) in [6.45, 7) is 6.72. The van der Waals surface area contributed by atoms with Crippen LogP contribution in [0.4, 0.5) is 0 Å². The van der Waals surface area contributed by atoms with Crippen molar-refractivity contribution in [1.82, 2.24) is 0 Å². The molecule has 0 saturated carbocycles. The Kier molecular flexibility index (Phi) is 61.1. The van der Waals surface area contributed by atoms with Gasteiger partial charge >= 0.3 is 17.9 Å². The van der Waals surface area contributed by atoms with Gasteiger partial charge < -0.3 is 14.2 Å². The van der Waals surface area contributed by atoms with E-state index >= 15 is 0 Å². The molecule has 0 aromatic rings. The quantitative estimate of drug-likeness (QED) is 0.0261. The second kappa shape index (κ2) is 62.7. The minimum atomic E-state index is -0.766. The highest BCUT2D eigenvalue weighted by Crippen LogP contribution is 2.18. The van der Waals surface area contributed by atoms with Crippen molar-refractivity contribution in [2.45, 2.75) is 386 Å². The van der Waals surface area contributed by atoms with Gasteiger partial charge in [0.15, 0.2) is 6.10 Å². The van der Waals surface area contributed by atoms with Gasteiger partial charge in [-0.15, -0.1) is 0 Å². The maximum Gasteiger partial charge on any atom is 0.306 e. The molecule has 0 saturated heterocycles. The van der Waals surface area contributed by atoms with Crippen LogP contribution in [0.25, 0.3) is 0 Å². The van der Waals surface area contributed by atoms with Gasteiger partial charge in [-0.25, -0.2) is 0 Å². The molecule has 1 atom stereocenters. The first-order valence-electron chi connectivity index (χ1n) is 33.2. The first kappa shape index (κ1) is 71.2. The highest BCUT2D eigenvalue weighted by molar-refractivity contribution is 5.71. The largest absolute Gasteiger partial charge is 0.462 e. The van der Waals surface area contributed by atoms with Gasteiger partial charge in [0, 0.05) is 19.3 Å². The van der Waals surface area contributed by atoms with Crippen LogP contribution in [0.15, 0.2) is 12.2 Å². The Hall–Kier alpha value is -1.85. The molecule has 0 N–H and O–H groups in total. The molecule has 0 heterocycles. The molecule has 0 aromatic heterocycles. The summed E-state index contributed by atoms with van der Waals surface area (Å²) in [6, 6.07) is 0. The molecular formula is C67H128O6. The van der Waals surface area contributed by atoms with Crippen molar-refractivity contribution in [3.05, 3.63) is 12.2 Å². The fourth-order valence-corrected chi connectivity index (χ4v) is 10.3. The molecule has 0 spiro atoms. The molecule has 6 nitrogen and oxygen atoms in total. The third-order valence-electron chi connectivity index (χ3n) is 15.3. The molecule has 0 aromatic carbocycles. The highest BCUT2D eigenvalue weighted by atomic mass is 16.6. The van der Waals surface area contributed by atoms with Crippen LogP contribution in [-0.2, 0) is 28.6 Å². The smallest absolute Gasteiger partial charge is 0.306 e. The zero-order chi connectivity index (χ0) is 52.9. The van der Waals surface area contributed by atoms with Gasteiger partial charge in [-0.2, -0.15) is 0 Å². The molecule has 0 aliphatic carbocycles. The lowest BCUT2D eigenvalue weighted by Gasteiger charge is -2.18. The van der Waals surface area contributed by atoms with Crippen LogP contribution in [0, 0.1) is 0 Å². The maximum absolute atomic E-state index is 12.9. The zero-order valence-electron chi connectivity index (χ0n) is 49.7. The lowest BCUT2D eigenvalue weighted by molar-refractivity contribution is -0.167. The number of hydrogen-bond donors (Lipinski definition) is 0. The summed E-state index contributed by atoms with van der Waals surface area (Å²) in [4.78, 5) is 38.3. The molecule has 0 aliphatic rings. The number of esters is 3. The Labute approximate surface area is 456 Å². The molecule has 432 valence electrons. The fourth-order valence-electron chi connectivity index (χ4n) is 10.3. The predicted octanol–water partition coefficient (Wildman–Crippen LogP) is 22.4. The van der Waals surface area contributed by atoms with E-state index in [2.05, 4.69) is 32.9 Å². The van der Waals surface area contributed by atoms with Crippen molar-refractivity contribution in [2.24, 2.45) is 0 Å². The molecule has 0 rings (SSSR count). The number of carbonyl (C=O) groups excluding carboxylic acids is 3. The number of unbranched alkanes of at least 4 members (excludes halogenated alkanes) is 49. The van der Waals surface area contributed by atoms with Crippen molar-refractivity contribution in [3.8, 4) is 0 Å². The van der Waals surface area contributed by atoms with Gasteiger partial charge in [0.1, 0.15) is 13.2 Å². The van der Waals surface area contributed by atoms with Gasteiger partial charge in [0.2, 0.25) is 0 Å². The van der Waals surface area contributed by atoms with Crippen LogP contribution in [0.2, 0.25) is 0 Å². The van der Waals surface area contributed by atoms with E-state index in [-0.39, 0.29) is 31.1 Å². The fraction of sp³-hybridized carbons (Fsp3) is 0.925. The van der Waals surface area contributed by atoms with Gasteiger partial charge in [-0.1, -0.05) is 328 Å². The summed E-state index contributed by atoms with van der Waals surface area (Å²) in [5.74, 6) is -0.833. The molecule has 0 bridgehead atoms. The average Bonchev–Trinajstić information content (AvgIpc) is 3.39. The first-order chi connectivity index (χ1) is 36.0. The van der Waals surface area contributed by atoms with Crippen molar-refractivity contribution in [3.63, 3.8) is 0 Å². The molecule has 0 radical (unpaired) electrons. The molecule has 0 fully saturated rings. The van der Waals surface area contributed by atoms with Crippen LogP contribution in [0.5, 0.6) is 0 Å². The lowest BCUT2D eigenvalue weighted by Crippen LogP contribution is -2.30. The second-order valence-electron chi connectivity index (χ2n) is 22.7. The number of ether oxygens (including phenoxy) is 3. The zero-order valence-corrected chi connectivity index (χ0v) is 49.7. The first-order valence-corrected chi connectivity index (χ1v) is 33.2. The Bertz CT molecular complexity index is 1130. The van der Waals surface area contributed by atoms with E-state index < -0.39 is 6.10 Å². The highest BCUT2D eigenvalue weighted by Gasteiger charge is 2.19. The van der Waals surface area contributed by atoms with Gasteiger partial charge in [0.25, 0.3) is 0 Å². The Morgan fingerprint density at radius 3 is 0.685 bits per heavy atom. The predicted molar refractivity (Wildman–Crippen MR) is 317 cm³/mol. The average molecular weight is 1030 g/mol. The topological polar surface area (TPSA) is 78.9 Å². The summed E-state index contributed by atoms with van der Waals surface area (Å²) >= 11 is 0. The van der Waals surface area contributed by atoms with Gasteiger partial charge in [-0.3, -0.25) is 14.4 Å². The molecular weight excluding hydrogens is 901 g/mol. The van der Waals surface area contributed by atoms with E-state index in [1.807, 2.05) is 0 Å². The summed E-state index contributed by atoms with van der Waals surface area (Å²) in [7, 11) is 0. The molecule has 6 heteroatoms. The summed E-state index contributed by atoms with van der Waals surface area (Å²) in [6.07, 6.45) is 73.6. The number of allylic oxidation sites excluding steroid dienone is 2. The molecule has 0 aliphatic heterocycles. The Balaban J connectivity index is 4.27. The summed E-state index contributed by atoms with van der Waals surface area (Å²) in [5, 5.41) is 0. The third kappa shape index (κ3) is 60.9. The van der Waals surface area contributed by atoms with Crippen LogP contribution >= 0.6 is 0 Å². The second-order valence-corrected chi connectivity index (χ2v) is 22.7. The number of hydrogen-bond acceptors (Lipinski definition) is 6. The summed E-state index contributed by atoms with van der Waals surface area (Å²) in [5.41, 5.74) is 0. The molecule has 73 heavy (non-hydrogen) atoms. The van der Waals surface area contributed by atoms with E-state index in [0.29, 0.717) is 19.3 Å². The Morgan fingerprint density at radius 2 is 0.452 bits per heavy atom. The van der Waals surface area contributed by atoms with E-state index in [4.69, 9.17) is 14.2 Å². The summed E-state index contributed by atoms with van der Waals surface area (Å²) < 4.78 is 17.0. The Morgan fingerprint density at radius 1 is 0.260 bits per heavy atom. The third-order valence-corrected chi connectivity index (χ3v) is 15.3. The van der Waals surface area contributed by atoms with Gasteiger partial charge in [-0.05, 0) is 44.9 Å². The monoisotopic (exact) mass is 1030 g/mol. The number of carbonyl (C=O) groups is 3. The van der Waals surface area contributed by atoms with E-state index in [9.17, 15) is 14.4 Å². The van der Waals surface area contributed by atoms with Crippen LogP contribution < -0.4 is 0 Å². The van der Waals surface area contributed by atoms with E-state index in [0.717, 1.165) is 57.8 Å². The van der Waals surface area contributed by atoms with Crippen molar-refractivity contribution in [2.75, 3.05) is 13.2 Å². The van der Waals surface area contributed by atoms with Crippen LogP contribution in [0.3, 0.4) is 0 Å². The number of rotatable bonds is 62. The van der Waals surface area contributed by atoms with Crippen molar-refractivity contribution < 1.29 is 28.6 Å². The standard InChI is InChI=1S/C67H128O6/c1-4-7-10-13-16-19-22-25-28-30-32-34-36-37-39-42-45-48-51-54-57-60-66(69)72-63-64(62-71-65(68)59-56-53-50-47-44-41-27-24-21-18-15-12-9-6-3)73-67(70)61-58-55-52-49-46-43-40-38-35-33-31-29-26-23-20-17-14-11-8-5-2/h30,32,64H,4-29,31,33-63H2,1-3H3/b32-30-. The minimum absolute atomic E-state index is 0.0637. The molecule has 1 unspecified atom stereocenters. The van der Waals surface area contributed by atoms with Crippen LogP contribution in [0.1, 0.15) is 380 Å². The van der Waals surface area contributed by atoms with E-state index in [1.165, 1.54) is 283 Å². The van der Waals surface area contributed by atoms with Gasteiger partial charge in [0.05, 0.1) is 0 Å². The lowest BCUT2D eigenvalue weighted by atomic mass is 10.0. The van der Waals surface area contributed by atoms with Crippen molar-refractivity contribution in [1.29, 1.82) is 0 Å². The normalized spacial score (nSPS) is 12.0. The van der Waals surface area contributed by atoms with E-state index in [1.54, 1.807) is 0 Å². The van der Waals surface area contributed by atoms with Crippen LogP contribution in [-0.4, -0.2) is 37.2 Å².